The molecule has 0 fully saturated rings. The summed E-state index contributed by atoms with van der Waals surface area (Å²) in [6, 6.07) is 15.7. The highest BCUT2D eigenvalue weighted by atomic mass is 32.2. The molecule has 0 saturated heterocycles. The monoisotopic (exact) mass is 341 g/mol. The minimum atomic E-state index is -0.408. The summed E-state index contributed by atoms with van der Waals surface area (Å²) in [5, 5.41) is 8.92. The Balaban J connectivity index is 1.71. The maximum Gasteiger partial charge on any atom is 0.191 e. The molecule has 0 saturated carbocycles. The van der Waals surface area contributed by atoms with Crippen LogP contribution in [0.25, 0.3) is 0 Å². The summed E-state index contributed by atoms with van der Waals surface area (Å²) >= 11 is 1.31. The summed E-state index contributed by atoms with van der Waals surface area (Å²) in [4.78, 5) is 12.2. The Labute approximate surface area is 143 Å². The van der Waals surface area contributed by atoms with E-state index in [4.69, 9.17) is 0 Å². The fourth-order valence-corrected chi connectivity index (χ4v) is 3.17. The van der Waals surface area contributed by atoms with Gasteiger partial charge in [0.05, 0.1) is 12.3 Å². The van der Waals surface area contributed by atoms with Gasteiger partial charge in [-0.05, 0) is 24.6 Å². The van der Waals surface area contributed by atoms with E-state index in [1.165, 1.54) is 30.0 Å². The second-order valence-electron chi connectivity index (χ2n) is 5.32. The quantitative estimate of drug-likeness (QED) is 0.506. The number of aryl methyl sites for hydroxylation is 1. The van der Waals surface area contributed by atoms with Gasteiger partial charge in [0.15, 0.2) is 10.9 Å². The van der Waals surface area contributed by atoms with Crippen molar-refractivity contribution >= 4 is 17.5 Å². The van der Waals surface area contributed by atoms with Gasteiger partial charge in [-0.3, -0.25) is 4.79 Å². The maximum absolute atomic E-state index is 13.2. The van der Waals surface area contributed by atoms with E-state index < -0.39 is 5.82 Å². The molecule has 3 rings (SSSR count). The zero-order valence-corrected chi connectivity index (χ0v) is 14.0. The van der Waals surface area contributed by atoms with E-state index in [0.29, 0.717) is 17.3 Å². The third-order valence-electron chi connectivity index (χ3n) is 3.56. The molecule has 1 heterocycles. The molecule has 0 unspecified atom stereocenters. The lowest BCUT2D eigenvalue weighted by atomic mass is 10.1. The molecule has 0 atom stereocenters. The first-order valence-corrected chi connectivity index (χ1v) is 8.47. The number of halogens is 1. The molecule has 0 aliphatic carbocycles. The van der Waals surface area contributed by atoms with Gasteiger partial charge in [-0.15, -0.1) is 10.2 Å². The lowest BCUT2D eigenvalue weighted by Crippen LogP contribution is -2.07. The van der Waals surface area contributed by atoms with E-state index in [2.05, 4.69) is 10.2 Å². The largest absolute Gasteiger partial charge is 0.302 e. The first kappa shape index (κ1) is 16.4. The second-order valence-corrected chi connectivity index (χ2v) is 6.27. The number of benzene rings is 2. The standard InChI is InChI=1S/C18H16FN3OS/c1-13-20-21-18(22(13)11-14-6-3-2-4-7-14)24-12-17(23)15-8-5-9-16(19)10-15/h2-10H,11-12H2,1H3. The normalized spacial score (nSPS) is 10.8. The van der Waals surface area contributed by atoms with Crippen molar-refractivity contribution in [3.63, 3.8) is 0 Å². The van der Waals surface area contributed by atoms with Gasteiger partial charge in [0, 0.05) is 5.56 Å². The summed E-state index contributed by atoms with van der Waals surface area (Å²) in [6.45, 7) is 2.53. The molecular formula is C18H16FN3OS. The van der Waals surface area contributed by atoms with Crippen molar-refractivity contribution in [2.24, 2.45) is 0 Å². The SMILES string of the molecule is Cc1nnc(SCC(=O)c2cccc(F)c2)n1Cc1ccccc1. The van der Waals surface area contributed by atoms with Gasteiger partial charge in [0.25, 0.3) is 0 Å². The van der Waals surface area contributed by atoms with Crippen molar-refractivity contribution in [1.29, 1.82) is 0 Å². The number of ketones is 1. The third kappa shape index (κ3) is 3.89. The average molecular weight is 341 g/mol. The van der Waals surface area contributed by atoms with E-state index in [0.717, 1.165) is 11.4 Å². The number of rotatable bonds is 6. The molecule has 0 N–H and O–H groups in total. The molecule has 0 spiro atoms. The first-order valence-electron chi connectivity index (χ1n) is 7.49. The van der Waals surface area contributed by atoms with Gasteiger partial charge in [0.2, 0.25) is 0 Å². The van der Waals surface area contributed by atoms with Crippen LogP contribution >= 0.6 is 11.8 Å². The smallest absolute Gasteiger partial charge is 0.191 e. The van der Waals surface area contributed by atoms with Gasteiger partial charge < -0.3 is 4.57 Å². The van der Waals surface area contributed by atoms with Gasteiger partial charge in [-0.25, -0.2) is 4.39 Å². The number of hydrogen-bond donors (Lipinski definition) is 0. The van der Waals surface area contributed by atoms with Crippen molar-refractivity contribution in [2.45, 2.75) is 18.6 Å². The van der Waals surface area contributed by atoms with E-state index in [1.807, 2.05) is 41.8 Å². The fraction of sp³-hybridized carbons (Fsp3) is 0.167. The summed E-state index contributed by atoms with van der Waals surface area (Å²) in [7, 11) is 0. The topological polar surface area (TPSA) is 47.8 Å². The lowest BCUT2D eigenvalue weighted by molar-refractivity contribution is 0.102. The van der Waals surface area contributed by atoms with E-state index in [-0.39, 0.29) is 11.5 Å². The van der Waals surface area contributed by atoms with Crippen LogP contribution in [0, 0.1) is 12.7 Å². The van der Waals surface area contributed by atoms with Crippen LogP contribution in [0.1, 0.15) is 21.7 Å². The average Bonchev–Trinajstić information content (AvgIpc) is 2.94. The zero-order valence-electron chi connectivity index (χ0n) is 13.1. The predicted molar refractivity (Wildman–Crippen MR) is 91.8 cm³/mol. The van der Waals surface area contributed by atoms with E-state index in [9.17, 15) is 9.18 Å². The highest BCUT2D eigenvalue weighted by Crippen LogP contribution is 2.20. The molecule has 1 aromatic heterocycles. The summed E-state index contributed by atoms with van der Waals surface area (Å²) in [6.07, 6.45) is 0. The Kier molecular flexibility index (Phi) is 5.05. The number of hydrogen-bond acceptors (Lipinski definition) is 4. The van der Waals surface area contributed by atoms with Gasteiger partial charge in [-0.2, -0.15) is 0 Å². The highest BCUT2D eigenvalue weighted by molar-refractivity contribution is 7.99. The number of aromatic nitrogens is 3. The van der Waals surface area contributed by atoms with Crippen LogP contribution < -0.4 is 0 Å². The fourth-order valence-electron chi connectivity index (χ4n) is 2.29. The van der Waals surface area contributed by atoms with Crippen LogP contribution in [0.5, 0.6) is 0 Å². The Morgan fingerprint density at radius 2 is 1.92 bits per heavy atom. The Hall–Kier alpha value is -2.47. The molecule has 24 heavy (non-hydrogen) atoms. The van der Waals surface area contributed by atoms with Gasteiger partial charge in [-0.1, -0.05) is 54.2 Å². The van der Waals surface area contributed by atoms with Crippen LogP contribution in [-0.2, 0) is 6.54 Å². The second kappa shape index (κ2) is 7.40. The molecule has 0 aliphatic heterocycles. The summed E-state index contributed by atoms with van der Waals surface area (Å²) in [5.74, 6) is 0.441. The number of carbonyl (C=O) groups excluding carboxylic acids is 1. The highest BCUT2D eigenvalue weighted by Gasteiger charge is 2.13. The van der Waals surface area contributed by atoms with Crippen molar-refractivity contribution in [1.82, 2.24) is 14.8 Å². The summed E-state index contributed by atoms with van der Waals surface area (Å²) < 4.78 is 15.2. The minimum absolute atomic E-state index is 0.133. The van der Waals surface area contributed by atoms with Gasteiger partial charge >= 0.3 is 0 Å². The van der Waals surface area contributed by atoms with Crippen LogP contribution in [0.2, 0.25) is 0 Å². The first-order chi connectivity index (χ1) is 11.6. The van der Waals surface area contributed by atoms with E-state index in [1.54, 1.807) is 6.07 Å². The van der Waals surface area contributed by atoms with Crippen LogP contribution in [0.3, 0.4) is 0 Å². The molecule has 122 valence electrons. The molecule has 4 nitrogen and oxygen atoms in total. The van der Waals surface area contributed by atoms with Crippen LogP contribution in [0.15, 0.2) is 59.8 Å². The number of thioether (sulfide) groups is 1. The number of carbonyl (C=O) groups is 1. The molecule has 0 bridgehead atoms. The van der Waals surface area contributed by atoms with E-state index >= 15 is 0 Å². The molecule has 0 aliphatic rings. The lowest BCUT2D eigenvalue weighted by Gasteiger charge is -2.08. The molecule has 0 radical (unpaired) electrons. The van der Waals surface area contributed by atoms with Crippen LogP contribution in [-0.4, -0.2) is 26.3 Å². The molecule has 6 heteroatoms. The molecule has 0 amide bonds. The van der Waals surface area contributed by atoms with Crippen molar-refractivity contribution in [2.75, 3.05) is 5.75 Å². The molecule has 2 aromatic carbocycles. The van der Waals surface area contributed by atoms with Gasteiger partial charge in [0.1, 0.15) is 11.6 Å². The minimum Gasteiger partial charge on any atom is -0.302 e. The predicted octanol–water partition coefficient (Wildman–Crippen LogP) is 3.75. The van der Waals surface area contributed by atoms with Crippen molar-refractivity contribution in [3.8, 4) is 0 Å². The van der Waals surface area contributed by atoms with Crippen molar-refractivity contribution < 1.29 is 9.18 Å². The number of Topliss-reactive ketones (excluding diaryl/α,β-unsaturated/α-hetero) is 1. The maximum atomic E-state index is 13.2. The Morgan fingerprint density at radius 3 is 2.67 bits per heavy atom. The van der Waals surface area contributed by atoms with Crippen molar-refractivity contribution in [3.05, 3.63) is 77.4 Å². The zero-order chi connectivity index (χ0) is 16.9. The molecular weight excluding hydrogens is 325 g/mol. The third-order valence-corrected chi connectivity index (χ3v) is 4.53. The Morgan fingerprint density at radius 1 is 1.12 bits per heavy atom. The van der Waals surface area contributed by atoms with Crippen LogP contribution in [0.4, 0.5) is 4.39 Å². The number of nitrogens with zero attached hydrogens (tertiary/aromatic N) is 3. The summed E-state index contributed by atoms with van der Waals surface area (Å²) in [5.41, 5.74) is 1.51. The molecule has 3 aromatic rings. The Bertz CT molecular complexity index is 848.